The Morgan fingerprint density at radius 3 is 2.54 bits per heavy atom. The van der Waals surface area contributed by atoms with Crippen molar-refractivity contribution in [2.75, 3.05) is 32.1 Å². The first-order valence-electron chi connectivity index (χ1n) is 8.10. The SMILES string of the molecule is Cc1c(Cl)ccc2sc(N(CCN(C)C)C(=O)Cc3ccc(Cl)s3)nc12. The Kier molecular flexibility index (Phi) is 6.20. The van der Waals surface area contributed by atoms with E-state index in [1.54, 1.807) is 4.90 Å². The van der Waals surface area contributed by atoms with Crippen LogP contribution in [0.3, 0.4) is 0 Å². The van der Waals surface area contributed by atoms with E-state index in [1.807, 2.05) is 45.3 Å². The number of anilines is 1. The van der Waals surface area contributed by atoms with Gasteiger partial charge in [0, 0.05) is 23.0 Å². The van der Waals surface area contributed by atoms with Crippen LogP contribution in [0.1, 0.15) is 10.4 Å². The van der Waals surface area contributed by atoms with E-state index in [9.17, 15) is 4.79 Å². The highest BCUT2D eigenvalue weighted by Gasteiger charge is 2.21. The molecule has 1 amide bonds. The van der Waals surface area contributed by atoms with E-state index in [2.05, 4.69) is 4.90 Å². The molecule has 4 nitrogen and oxygen atoms in total. The van der Waals surface area contributed by atoms with Crippen LogP contribution in [-0.4, -0.2) is 43.0 Å². The van der Waals surface area contributed by atoms with Crippen LogP contribution in [0.15, 0.2) is 24.3 Å². The third-order valence-electron chi connectivity index (χ3n) is 3.99. The predicted molar refractivity (Wildman–Crippen MR) is 113 cm³/mol. The van der Waals surface area contributed by atoms with Gasteiger partial charge in [0.15, 0.2) is 5.13 Å². The van der Waals surface area contributed by atoms with Crippen molar-refractivity contribution in [3.05, 3.63) is 44.1 Å². The zero-order chi connectivity index (χ0) is 18.8. The largest absolute Gasteiger partial charge is 0.308 e. The first-order valence-corrected chi connectivity index (χ1v) is 10.5. The zero-order valence-electron chi connectivity index (χ0n) is 14.8. The monoisotopic (exact) mass is 427 g/mol. The number of aromatic nitrogens is 1. The van der Waals surface area contributed by atoms with Gasteiger partial charge in [-0.25, -0.2) is 4.98 Å². The van der Waals surface area contributed by atoms with Gasteiger partial charge in [0.1, 0.15) is 0 Å². The van der Waals surface area contributed by atoms with Crippen molar-refractivity contribution >= 4 is 67.1 Å². The number of carbonyl (C=O) groups is 1. The van der Waals surface area contributed by atoms with Crippen molar-refractivity contribution in [1.29, 1.82) is 0 Å². The van der Waals surface area contributed by atoms with Gasteiger partial charge in [0.05, 0.1) is 21.0 Å². The molecule has 0 N–H and O–H groups in total. The Labute approximate surface area is 171 Å². The maximum absolute atomic E-state index is 13.0. The molecule has 0 saturated heterocycles. The molecular weight excluding hydrogens is 409 g/mol. The summed E-state index contributed by atoms with van der Waals surface area (Å²) in [6, 6.07) is 7.56. The van der Waals surface area contributed by atoms with Gasteiger partial charge in [0.2, 0.25) is 5.91 Å². The maximum atomic E-state index is 13.0. The highest BCUT2D eigenvalue weighted by Crippen LogP contribution is 2.34. The Balaban J connectivity index is 1.92. The van der Waals surface area contributed by atoms with Crippen molar-refractivity contribution in [2.24, 2.45) is 0 Å². The van der Waals surface area contributed by atoms with Gasteiger partial charge in [-0.05, 0) is 50.8 Å². The average molecular weight is 428 g/mol. The molecule has 0 saturated carbocycles. The molecule has 1 aromatic carbocycles. The summed E-state index contributed by atoms with van der Waals surface area (Å²) in [4.78, 5) is 22.5. The predicted octanol–water partition coefficient (Wildman–Crippen LogP) is 5.11. The van der Waals surface area contributed by atoms with Crippen molar-refractivity contribution < 1.29 is 4.79 Å². The maximum Gasteiger partial charge on any atom is 0.234 e. The molecule has 0 atom stereocenters. The van der Waals surface area contributed by atoms with Crippen molar-refractivity contribution in [3.8, 4) is 0 Å². The van der Waals surface area contributed by atoms with E-state index in [-0.39, 0.29) is 5.91 Å². The van der Waals surface area contributed by atoms with Crippen LogP contribution in [0.5, 0.6) is 0 Å². The molecule has 0 bridgehead atoms. The van der Waals surface area contributed by atoms with E-state index in [4.69, 9.17) is 28.2 Å². The fraction of sp³-hybridized carbons (Fsp3) is 0.333. The zero-order valence-corrected chi connectivity index (χ0v) is 17.9. The number of nitrogens with zero attached hydrogens (tertiary/aromatic N) is 3. The summed E-state index contributed by atoms with van der Waals surface area (Å²) in [6.45, 7) is 3.29. The molecule has 3 aromatic rings. The molecule has 0 spiro atoms. The fourth-order valence-corrected chi connectivity index (χ4v) is 4.82. The van der Waals surface area contributed by atoms with Gasteiger partial charge < -0.3 is 4.90 Å². The standard InChI is InChI=1S/C18H19Cl2N3OS2/c1-11-13(19)5-6-14-17(11)21-18(26-14)23(9-8-22(2)3)16(24)10-12-4-7-15(20)25-12/h4-7H,8-10H2,1-3H3. The van der Waals surface area contributed by atoms with Crippen LogP contribution in [0.25, 0.3) is 10.2 Å². The summed E-state index contributed by atoms with van der Waals surface area (Å²) in [7, 11) is 3.98. The van der Waals surface area contributed by atoms with Crippen LogP contribution in [-0.2, 0) is 11.2 Å². The number of hydrogen-bond acceptors (Lipinski definition) is 5. The number of fused-ring (bicyclic) bond motifs is 1. The smallest absolute Gasteiger partial charge is 0.234 e. The number of thiophene rings is 1. The van der Waals surface area contributed by atoms with Crippen molar-refractivity contribution in [1.82, 2.24) is 9.88 Å². The highest BCUT2D eigenvalue weighted by molar-refractivity contribution is 7.22. The lowest BCUT2D eigenvalue weighted by Gasteiger charge is -2.21. The quantitative estimate of drug-likeness (QED) is 0.548. The van der Waals surface area contributed by atoms with Crippen LogP contribution in [0, 0.1) is 6.92 Å². The second-order valence-electron chi connectivity index (χ2n) is 6.25. The lowest BCUT2D eigenvalue weighted by molar-refractivity contribution is -0.118. The number of benzene rings is 1. The minimum absolute atomic E-state index is 0.0215. The van der Waals surface area contributed by atoms with Crippen LogP contribution in [0.4, 0.5) is 5.13 Å². The van der Waals surface area contributed by atoms with E-state index in [0.29, 0.717) is 27.5 Å². The van der Waals surface area contributed by atoms with E-state index in [1.165, 1.54) is 22.7 Å². The Hall–Kier alpha value is -1.18. The van der Waals surface area contributed by atoms with Gasteiger partial charge in [-0.2, -0.15) is 0 Å². The summed E-state index contributed by atoms with van der Waals surface area (Å²) >= 11 is 15.2. The minimum atomic E-state index is 0.0215. The first-order chi connectivity index (χ1) is 12.3. The van der Waals surface area contributed by atoms with Gasteiger partial charge in [-0.3, -0.25) is 9.69 Å². The molecule has 0 aliphatic rings. The number of rotatable bonds is 6. The van der Waals surface area contributed by atoms with Gasteiger partial charge >= 0.3 is 0 Å². The number of amides is 1. The number of thiazole rings is 1. The lowest BCUT2D eigenvalue weighted by Crippen LogP contribution is -2.37. The molecule has 3 rings (SSSR count). The molecule has 138 valence electrons. The van der Waals surface area contributed by atoms with Gasteiger partial charge in [-0.15, -0.1) is 11.3 Å². The summed E-state index contributed by atoms with van der Waals surface area (Å²) in [5.74, 6) is 0.0215. The summed E-state index contributed by atoms with van der Waals surface area (Å²) in [5.41, 5.74) is 1.80. The number of likely N-dealkylation sites (N-methyl/N-ethyl adjacent to an activating group) is 1. The minimum Gasteiger partial charge on any atom is -0.308 e. The molecule has 0 radical (unpaired) electrons. The molecule has 0 aliphatic heterocycles. The summed E-state index contributed by atoms with van der Waals surface area (Å²) in [5, 5.41) is 1.40. The highest BCUT2D eigenvalue weighted by atomic mass is 35.5. The molecule has 8 heteroatoms. The second kappa shape index (κ2) is 8.23. The number of aryl methyl sites for hydroxylation is 1. The van der Waals surface area contributed by atoms with Gasteiger partial charge in [0.25, 0.3) is 0 Å². The molecule has 0 fully saturated rings. The Bertz CT molecular complexity index is 936. The summed E-state index contributed by atoms with van der Waals surface area (Å²) < 4.78 is 1.72. The van der Waals surface area contributed by atoms with Gasteiger partial charge in [-0.1, -0.05) is 34.5 Å². The summed E-state index contributed by atoms with van der Waals surface area (Å²) in [6.07, 6.45) is 0.320. The molecule has 0 unspecified atom stereocenters. The molecule has 2 heterocycles. The van der Waals surface area contributed by atoms with Crippen LogP contribution < -0.4 is 4.90 Å². The first kappa shape index (κ1) is 19.6. The Morgan fingerprint density at radius 2 is 1.88 bits per heavy atom. The third kappa shape index (κ3) is 4.38. The van der Waals surface area contributed by atoms with Crippen LogP contribution in [0.2, 0.25) is 9.36 Å². The fourth-order valence-electron chi connectivity index (χ4n) is 2.52. The second-order valence-corrected chi connectivity index (χ2v) is 9.46. The van der Waals surface area contributed by atoms with Crippen LogP contribution >= 0.6 is 45.9 Å². The van der Waals surface area contributed by atoms with E-state index < -0.39 is 0 Å². The number of carbonyl (C=O) groups excluding carboxylic acids is 1. The number of hydrogen-bond donors (Lipinski definition) is 0. The van der Waals surface area contributed by atoms with E-state index in [0.717, 1.165) is 27.2 Å². The molecule has 2 aromatic heterocycles. The Morgan fingerprint density at radius 1 is 1.12 bits per heavy atom. The average Bonchev–Trinajstić information content (AvgIpc) is 3.18. The topological polar surface area (TPSA) is 36.4 Å². The van der Waals surface area contributed by atoms with E-state index >= 15 is 0 Å². The number of halogens is 2. The molecule has 26 heavy (non-hydrogen) atoms. The normalized spacial score (nSPS) is 11.5. The molecular formula is C18H19Cl2N3OS2. The lowest BCUT2D eigenvalue weighted by atomic mass is 10.2. The third-order valence-corrected chi connectivity index (χ3v) is 6.68. The van der Waals surface area contributed by atoms with Crippen molar-refractivity contribution in [2.45, 2.75) is 13.3 Å². The molecule has 0 aliphatic carbocycles. The van der Waals surface area contributed by atoms with Crippen molar-refractivity contribution in [3.63, 3.8) is 0 Å².